The summed E-state index contributed by atoms with van der Waals surface area (Å²) in [6.45, 7) is 2.16. The molecule has 0 aliphatic carbocycles. The minimum atomic E-state index is -0.728. The third kappa shape index (κ3) is 18.2. The summed E-state index contributed by atoms with van der Waals surface area (Å²) in [4.78, 5) is 10.3. The molecule has 0 aromatic heterocycles. The van der Waals surface area contributed by atoms with Crippen LogP contribution in [0.2, 0.25) is 0 Å². The first-order chi connectivity index (χ1) is 11.2. The molecule has 0 aromatic rings. The van der Waals surface area contributed by atoms with Gasteiger partial charge >= 0.3 is 5.97 Å². The zero-order chi connectivity index (χ0) is 17.2. The van der Waals surface area contributed by atoms with Gasteiger partial charge in [-0.05, 0) is 44.6 Å². The van der Waals surface area contributed by atoms with Crippen LogP contribution in [0.5, 0.6) is 0 Å². The van der Waals surface area contributed by atoms with Gasteiger partial charge in [-0.15, -0.1) is 0 Å². The number of aliphatic carboxylic acids is 1. The second-order valence-electron chi connectivity index (χ2n) is 5.56. The predicted octanol–water partition coefficient (Wildman–Crippen LogP) is 6.10. The van der Waals surface area contributed by atoms with Gasteiger partial charge in [-0.25, -0.2) is 0 Å². The average Bonchev–Trinajstić information content (AvgIpc) is 2.51. The molecule has 0 saturated carbocycles. The zero-order valence-electron chi connectivity index (χ0n) is 14.4. The molecule has 0 aromatic carbocycles. The van der Waals surface area contributed by atoms with Gasteiger partial charge in [0, 0.05) is 12.8 Å². The summed E-state index contributed by atoms with van der Waals surface area (Å²) in [5.41, 5.74) is 0. The molecule has 23 heavy (non-hydrogen) atoms. The molecule has 0 bridgehead atoms. The van der Waals surface area contributed by atoms with Crippen molar-refractivity contribution in [3.05, 3.63) is 48.3 Å². The molecule has 0 unspecified atom stereocenters. The maximum Gasteiger partial charge on any atom is 0.303 e. The maximum atomic E-state index is 10.3. The highest BCUT2D eigenvalue weighted by Gasteiger charge is 1.93. The van der Waals surface area contributed by atoms with Gasteiger partial charge in [0.25, 0.3) is 0 Å². The number of rotatable bonds is 14. The van der Waals surface area contributed by atoms with E-state index in [1.54, 1.807) is 0 Å². The molecule has 0 radical (unpaired) electrons. The van der Waals surface area contributed by atoms with Gasteiger partial charge in [0.15, 0.2) is 0 Å². The van der Waals surface area contributed by atoms with Crippen molar-refractivity contribution >= 4 is 5.97 Å². The standard InChI is InChI=1S/C20H32O3/c1-2-3-13-16-19(21)17-14-11-9-7-5-4-6-8-10-12-15-18-20(22)23/h4-5,8-11,17,21H,2-3,6-7,12-16,18H2,1H3,(H,22,23)/b5-4-,10-8-,11-9-,19-17-. The lowest BCUT2D eigenvalue weighted by Crippen LogP contribution is -1.92. The summed E-state index contributed by atoms with van der Waals surface area (Å²) in [5, 5.41) is 18.1. The van der Waals surface area contributed by atoms with Gasteiger partial charge in [-0.3, -0.25) is 4.79 Å². The number of carboxylic acids is 1. The normalized spacial score (nSPS) is 12.8. The molecule has 0 saturated heterocycles. The second-order valence-corrected chi connectivity index (χ2v) is 5.56. The van der Waals surface area contributed by atoms with E-state index < -0.39 is 5.97 Å². The van der Waals surface area contributed by atoms with Crippen molar-refractivity contribution in [2.75, 3.05) is 0 Å². The van der Waals surface area contributed by atoms with E-state index in [1.807, 2.05) is 12.2 Å². The second kappa shape index (κ2) is 16.6. The van der Waals surface area contributed by atoms with Crippen molar-refractivity contribution < 1.29 is 15.0 Å². The lowest BCUT2D eigenvalue weighted by molar-refractivity contribution is -0.137. The van der Waals surface area contributed by atoms with E-state index >= 15 is 0 Å². The molecule has 0 aliphatic heterocycles. The minimum absolute atomic E-state index is 0.244. The third-order valence-corrected chi connectivity index (χ3v) is 3.33. The van der Waals surface area contributed by atoms with Crippen LogP contribution < -0.4 is 0 Å². The molecule has 0 atom stereocenters. The molecule has 0 aliphatic rings. The minimum Gasteiger partial charge on any atom is -0.513 e. The largest absolute Gasteiger partial charge is 0.513 e. The van der Waals surface area contributed by atoms with E-state index in [0.717, 1.165) is 38.5 Å². The molecular weight excluding hydrogens is 288 g/mol. The molecule has 130 valence electrons. The Kier molecular flexibility index (Phi) is 15.3. The first-order valence-corrected chi connectivity index (χ1v) is 8.71. The van der Waals surface area contributed by atoms with E-state index in [0.29, 0.717) is 12.2 Å². The number of carboxylic acid groups (broad SMARTS) is 1. The summed E-state index contributed by atoms with van der Waals surface area (Å²) in [7, 11) is 0. The van der Waals surface area contributed by atoms with Crippen LogP contribution in [0.3, 0.4) is 0 Å². The number of unbranched alkanes of at least 4 members (excludes halogenated alkanes) is 3. The molecular formula is C20H32O3. The predicted molar refractivity (Wildman–Crippen MR) is 97.6 cm³/mol. The molecule has 0 fully saturated rings. The van der Waals surface area contributed by atoms with Crippen LogP contribution in [-0.4, -0.2) is 16.2 Å². The van der Waals surface area contributed by atoms with Crippen LogP contribution in [0, 0.1) is 0 Å². The van der Waals surface area contributed by atoms with Crippen LogP contribution >= 0.6 is 0 Å². The van der Waals surface area contributed by atoms with E-state index in [2.05, 4.69) is 37.3 Å². The molecule has 0 heterocycles. The van der Waals surface area contributed by atoms with Crippen LogP contribution in [0.4, 0.5) is 0 Å². The van der Waals surface area contributed by atoms with Gasteiger partial charge in [0.05, 0.1) is 5.76 Å². The van der Waals surface area contributed by atoms with Crippen LogP contribution in [0.1, 0.15) is 71.1 Å². The highest BCUT2D eigenvalue weighted by molar-refractivity contribution is 5.66. The smallest absolute Gasteiger partial charge is 0.303 e. The van der Waals surface area contributed by atoms with Gasteiger partial charge in [-0.2, -0.15) is 0 Å². The molecule has 3 heteroatoms. The molecule has 2 N–H and O–H groups in total. The maximum absolute atomic E-state index is 10.3. The van der Waals surface area contributed by atoms with Crippen molar-refractivity contribution in [3.63, 3.8) is 0 Å². The fourth-order valence-electron chi connectivity index (χ4n) is 1.99. The van der Waals surface area contributed by atoms with E-state index in [9.17, 15) is 9.90 Å². The van der Waals surface area contributed by atoms with Gasteiger partial charge < -0.3 is 10.2 Å². The van der Waals surface area contributed by atoms with Crippen LogP contribution in [0.15, 0.2) is 48.3 Å². The summed E-state index contributed by atoms with van der Waals surface area (Å²) < 4.78 is 0. The number of carbonyl (C=O) groups is 1. The van der Waals surface area contributed by atoms with E-state index in [-0.39, 0.29) is 6.42 Å². The molecule has 3 nitrogen and oxygen atoms in total. The Morgan fingerprint density at radius 2 is 1.39 bits per heavy atom. The Labute approximate surface area is 141 Å². The Hall–Kier alpha value is -1.77. The van der Waals surface area contributed by atoms with Crippen molar-refractivity contribution in [1.82, 2.24) is 0 Å². The quantitative estimate of drug-likeness (QED) is 0.231. The Morgan fingerprint density at radius 3 is 2.00 bits per heavy atom. The first-order valence-electron chi connectivity index (χ1n) is 8.71. The van der Waals surface area contributed by atoms with Gasteiger partial charge in [0.2, 0.25) is 0 Å². The van der Waals surface area contributed by atoms with Crippen molar-refractivity contribution in [2.24, 2.45) is 0 Å². The Balaban J connectivity index is 3.56. The average molecular weight is 320 g/mol. The van der Waals surface area contributed by atoms with Crippen molar-refractivity contribution in [2.45, 2.75) is 71.1 Å². The number of hydrogen-bond acceptors (Lipinski definition) is 2. The Morgan fingerprint density at radius 1 is 0.783 bits per heavy atom. The number of aliphatic hydroxyl groups excluding tert-OH is 1. The van der Waals surface area contributed by atoms with Crippen molar-refractivity contribution in [3.8, 4) is 0 Å². The zero-order valence-corrected chi connectivity index (χ0v) is 14.4. The van der Waals surface area contributed by atoms with Crippen LogP contribution in [-0.2, 0) is 4.79 Å². The number of aliphatic hydroxyl groups is 1. The third-order valence-electron chi connectivity index (χ3n) is 3.33. The first kappa shape index (κ1) is 21.2. The van der Waals surface area contributed by atoms with Crippen molar-refractivity contribution in [1.29, 1.82) is 0 Å². The molecule has 0 rings (SSSR count). The lowest BCUT2D eigenvalue weighted by atomic mass is 10.1. The Bertz CT molecular complexity index is 403. The fraction of sp³-hybridized carbons (Fsp3) is 0.550. The fourth-order valence-corrected chi connectivity index (χ4v) is 1.99. The van der Waals surface area contributed by atoms with Gasteiger partial charge in [0.1, 0.15) is 0 Å². The van der Waals surface area contributed by atoms with E-state index in [4.69, 9.17) is 5.11 Å². The summed E-state index contributed by atoms with van der Waals surface area (Å²) in [6, 6.07) is 0. The van der Waals surface area contributed by atoms with Crippen LogP contribution in [0.25, 0.3) is 0 Å². The van der Waals surface area contributed by atoms with E-state index in [1.165, 1.54) is 12.8 Å². The highest BCUT2D eigenvalue weighted by atomic mass is 16.4. The number of hydrogen-bond donors (Lipinski definition) is 2. The summed E-state index contributed by atoms with van der Waals surface area (Å²) in [6.07, 6.45) is 22.9. The SMILES string of the molecule is CCCCC/C(O)=C/C/C=C\C/C=C\C/C=C\CCCC(=O)O. The lowest BCUT2D eigenvalue weighted by Gasteiger charge is -1.97. The number of allylic oxidation sites excluding steroid dienone is 8. The highest BCUT2D eigenvalue weighted by Crippen LogP contribution is 2.07. The summed E-state index contributed by atoms with van der Waals surface area (Å²) in [5.74, 6) is -0.221. The molecule has 0 amide bonds. The monoisotopic (exact) mass is 320 g/mol. The molecule has 0 spiro atoms. The summed E-state index contributed by atoms with van der Waals surface area (Å²) >= 11 is 0. The topological polar surface area (TPSA) is 57.5 Å². The van der Waals surface area contributed by atoms with Gasteiger partial charge in [-0.1, -0.05) is 56.2 Å².